The molecule has 0 radical (unpaired) electrons. The Hall–Kier alpha value is -0.400. The number of piperidine rings is 1. The molecule has 9 atom stereocenters. The van der Waals surface area contributed by atoms with E-state index < -0.39 is 55.1 Å². The normalized spacial score (nSPS) is 47.8. The highest BCUT2D eigenvalue weighted by Crippen LogP contribution is 2.26. The summed E-state index contributed by atoms with van der Waals surface area (Å²) in [5.74, 6) is 0. The van der Waals surface area contributed by atoms with Crippen molar-refractivity contribution in [2.75, 3.05) is 26.8 Å². The Bertz CT molecular complexity index is 398. The molecule has 0 unspecified atom stereocenters. The maximum absolute atomic E-state index is 10.1. The van der Waals surface area contributed by atoms with Gasteiger partial charge in [0.05, 0.1) is 12.2 Å². The van der Waals surface area contributed by atoms with Gasteiger partial charge < -0.3 is 45.2 Å². The summed E-state index contributed by atoms with van der Waals surface area (Å²) in [4.78, 5) is 1.57. The van der Waals surface area contributed by atoms with Crippen molar-refractivity contribution < 1.29 is 45.2 Å². The SMILES string of the molecule is CO[C@H]1O[C@H](CN2C[C@H](O)[C@@H](O)[C@H](O)[C@H]2CCO)[C@@H](O)[C@H](O)[C@H]1O. The number of aliphatic hydroxyl groups excluding tert-OH is 7. The van der Waals surface area contributed by atoms with Crippen LogP contribution in [0.15, 0.2) is 0 Å². The lowest BCUT2D eigenvalue weighted by Crippen LogP contribution is -2.66. The summed E-state index contributed by atoms with van der Waals surface area (Å²) < 4.78 is 10.4. The first kappa shape index (κ1) is 19.9. The molecule has 2 fully saturated rings. The number of likely N-dealkylation sites (tertiary alicyclic amines) is 1. The van der Waals surface area contributed by atoms with Gasteiger partial charge in [-0.15, -0.1) is 0 Å². The van der Waals surface area contributed by atoms with Crippen LogP contribution in [-0.4, -0.2) is 123 Å². The van der Waals surface area contributed by atoms with E-state index in [1.165, 1.54) is 7.11 Å². The predicted molar refractivity (Wildman–Crippen MR) is 78.8 cm³/mol. The minimum Gasteiger partial charge on any atom is -0.396 e. The van der Waals surface area contributed by atoms with Gasteiger partial charge in [-0.1, -0.05) is 0 Å². The predicted octanol–water partition coefficient (Wildman–Crippen LogP) is -4.41. The second-order valence-electron chi connectivity index (χ2n) is 6.33. The van der Waals surface area contributed by atoms with Gasteiger partial charge in [-0.25, -0.2) is 0 Å². The summed E-state index contributed by atoms with van der Waals surface area (Å²) in [6.07, 6.45) is -10.0. The standard InChI is InChI=1S/C14H27NO9/c1-23-14-13(22)12(21)11(20)8(24-14)5-15-4-7(17)10(19)9(18)6(15)2-3-16/h6-14,16-22H,2-5H2,1H3/t6-,7+,8-,9-,10-,11-,12+,13-,14+/m1/s1. The lowest BCUT2D eigenvalue weighted by atomic mass is 9.90. The van der Waals surface area contributed by atoms with Gasteiger partial charge in [0.15, 0.2) is 6.29 Å². The number of rotatable bonds is 5. The van der Waals surface area contributed by atoms with Crippen LogP contribution in [-0.2, 0) is 9.47 Å². The molecule has 10 heteroatoms. The Kier molecular flexibility index (Phi) is 6.90. The first-order valence-electron chi connectivity index (χ1n) is 7.93. The highest BCUT2D eigenvalue weighted by atomic mass is 16.7. The Morgan fingerprint density at radius 3 is 2.21 bits per heavy atom. The van der Waals surface area contributed by atoms with Crippen LogP contribution in [0.3, 0.4) is 0 Å². The van der Waals surface area contributed by atoms with E-state index in [0.717, 1.165) is 0 Å². The van der Waals surface area contributed by atoms with E-state index in [1.807, 2.05) is 0 Å². The monoisotopic (exact) mass is 353 g/mol. The number of ether oxygens (including phenoxy) is 2. The zero-order valence-corrected chi connectivity index (χ0v) is 13.4. The van der Waals surface area contributed by atoms with Crippen LogP contribution in [0.25, 0.3) is 0 Å². The fourth-order valence-corrected chi connectivity index (χ4v) is 3.34. The van der Waals surface area contributed by atoms with Crippen molar-refractivity contribution in [3.63, 3.8) is 0 Å². The van der Waals surface area contributed by atoms with Crippen LogP contribution in [0.2, 0.25) is 0 Å². The highest BCUT2D eigenvalue weighted by Gasteiger charge is 2.47. The number of hydrogen-bond donors (Lipinski definition) is 7. The molecule has 24 heavy (non-hydrogen) atoms. The van der Waals surface area contributed by atoms with Crippen molar-refractivity contribution in [3.05, 3.63) is 0 Å². The molecule has 0 bridgehead atoms. The Balaban J connectivity index is 2.11. The van der Waals surface area contributed by atoms with Crippen molar-refractivity contribution in [1.29, 1.82) is 0 Å². The van der Waals surface area contributed by atoms with Crippen LogP contribution in [0.1, 0.15) is 6.42 Å². The topological polar surface area (TPSA) is 163 Å². The minimum absolute atomic E-state index is 0.00366. The molecule has 2 rings (SSSR count). The molecule has 10 nitrogen and oxygen atoms in total. The average molecular weight is 353 g/mol. The first-order valence-corrected chi connectivity index (χ1v) is 7.93. The molecule has 2 saturated heterocycles. The molecule has 2 aliphatic heterocycles. The molecule has 0 spiro atoms. The molecule has 0 aromatic heterocycles. The van der Waals surface area contributed by atoms with Gasteiger partial charge in [0, 0.05) is 32.8 Å². The third kappa shape index (κ3) is 3.88. The number of methoxy groups -OCH3 is 1. The molecular formula is C14H27NO9. The Labute approximate surface area is 139 Å². The molecule has 0 aromatic rings. The average Bonchev–Trinajstić information content (AvgIpc) is 2.56. The summed E-state index contributed by atoms with van der Waals surface area (Å²) in [6, 6.07) is -0.658. The molecular weight excluding hydrogens is 326 g/mol. The number of β-amino-alcohol motifs (C(OH)–C–C–N with tert-alkyl or cyclic N) is 1. The van der Waals surface area contributed by atoms with Crippen LogP contribution in [0.5, 0.6) is 0 Å². The van der Waals surface area contributed by atoms with Crippen molar-refractivity contribution in [2.45, 2.75) is 61.5 Å². The van der Waals surface area contributed by atoms with E-state index in [4.69, 9.17) is 14.6 Å². The van der Waals surface area contributed by atoms with Crippen molar-refractivity contribution in [3.8, 4) is 0 Å². The van der Waals surface area contributed by atoms with Gasteiger partial charge in [0.2, 0.25) is 0 Å². The van der Waals surface area contributed by atoms with Gasteiger partial charge in [0.1, 0.15) is 30.5 Å². The molecule has 0 amide bonds. The molecule has 0 aliphatic carbocycles. The molecule has 142 valence electrons. The molecule has 0 aromatic carbocycles. The molecule has 7 N–H and O–H groups in total. The highest BCUT2D eigenvalue weighted by molar-refractivity contribution is 4.97. The third-order valence-corrected chi connectivity index (χ3v) is 4.77. The van der Waals surface area contributed by atoms with Crippen LogP contribution < -0.4 is 0 Å². The minimum atomic E-state index is -1.48. The van der Waals surface area contributed by atoms with Gasteiger partial charge in [0.25, 0.3) is 0 Å². The van der Waals surface area contributed by atoms with Crippen molar-refractivity contribution in [1.82, 2.24) is 4.90 Å². The van der Waals surface area contributed by atoms with Crippen LogP contribution in [0, 0.1) is 0 Å². The first-order chi connectivity index (χ1) is 11.3. The summed E-state index contributed by atoms with van der Waals surface area (Å²) >= 11 is 0. The zero-order chi connectivity index (χ0) is 18.0. The maximum Gasteiger partial charge on any atom is 0.186 e. The van der Waals surface area contributed by atoms with E-state index in [1.54, 1.807) is 4.90 Å². The van der Waals surface area contributed by atoms with E-state index in [9.17, 15) is 30.6 Å². The third-order valence-electron chi connectivity index (χ3n) is 4.77. The zero-order valence-electron chi connectivity index (χ0n) is 13.4. The quantitative estimate of drug-likeness (QED) is 0.257. The van der Waals surface area contributed by atoms with E-state index in [2.05, 4.69) is 0 Å². The van der Waals surface area contributed by atoms with Crippen LogP contribution >= 0.6 is 0 Å². The Morgan fingerprint density at radius 1 is 0.958 bits per heavy atom. The van der Waals surface area contributed by atoms with Gasteiger partial charge in [-0.2, -0.15) is 0 Å². The largest absolute Gasteiger partial charge is 0.396 e. The fourth-order valence-electron chi connectivity index (χ4n) is 3.34. The van der Waals surface area contributed by atoms with E-state index >= 15 is 0 Å². The second-order valence-corrected chi connectivity index (χ2v) is 6.33. The summed E-state index contributed by atoms with van der Waals surface area (Å²) in [7, 11) is 1.29. The second kappa shape index (κ2) is 8.32. The van der Waals surface area contributed by atoms with Crippen molar-refractivity contribution in [2.24, 2.45) is 0 Å². The maximum atomic E-state index is 10.1. The van der Waals surface area contributed by atoms with E-state index in [0.29, 0.717) is 0 Å². The summed E-state index contributed by atoms with van der Waals surface area (Å²) in [5, 5.41) is 68.7. The lowest BCUT2D eigenvalue weighted by Gasteiger charge is -2.47. The number of hydrogen-bond acceptors (Lipinski definition) is 10. The van der Waals surface area contributed by atoms with Crippen LogP contribution in [0.4, 0.5) is 0 Å². The Morgan fingerprint density at radius 2 is 1.62 bits per heavy atom. The van der Waals surface area contributed by atoms with Gasteiger partial charge >= 0.3 is 0 Å². The van der Waals surface area contributed by atoms with Gasteiger partial charge in [-0.3, -0.25) is 4.90 Å². The summed E-state index contributed by atoms with van der Waals surface area (Å²) in [6.45, 7) is -0.251. The van der Waals surface area contributed by atoms with E-state index in [-0.39, 0.29) is 26.1 Å². The molecule has 2 aliphatic rings. The smallest absolute Gasteiger partial charge is 0.186 e. The lowest BCUT2D eigenvalue weighted by molar-refractivity contribution is -0.294. The van der Waals surface area contributed by atoms with Gasteiger partial charge in [-0.05, 0) is 6.42 Å². The number of nitrogens with zero attached hydrogens (tertiary/aromatic N) is 1. The van der Waals surface area contributed by atoms with Crippen molar-refractivity contribution >= 4 is 0 Å². The summed E-state index contributed by atoms with van der Waals surface area (Å²) in [5.41, 5.74) is 0. The molecule has 2 heterocycles. The number of aliphatic hydroxyl groups is 7. The molecule has 0 saturated carbocycles. The fraction of sp³-hybridized carbons (Fsp3) is 1.00.